The molecule has 2 aromatic heterocycles. The molecule has 1 saturated heterocycles. The minimum absolute atomic E-state index is 0.194. The topological polar surface area (TPSA) is 61.1 Å². The number of carbonyl (C=O) groups excluding carboxylic acids is 1. The Balaban J connectivity index is 1.81. The van der Waals surface area contributed by atoms with Gasteiger partial charge in [-0.05, 0) is 0 Å². The quantitative estimate of drug-likeness (QED) is 0.818. The van der Waals surface area contributed by atoms with E-state index in [1.165, 1.54) is 11.3 Å². The van der Waals surface area contributed by atoms with Crippen molar-refractivity contribution in [3.05, 3.63) is 17.3 Å². The van der Waals surface area contributed by atoms with Crippen LogP contribution in [0.4, 0.5) is 5.82 Å². The number of fused-ring (bicyclic) bond motifs is 1. The first kappa shape index (κ1) is 12.6. The zero-order chi connectivity index (χ0) is 13.2. The van der Waals surface area contributed by atoms with E-state index in [2.05, 4.69) is 14.8 Å². The third-order valence-electron chi connectivity index (χ3n) is 3.48. The van der Waals surface area contributed by atoms with Crippen molar-refractivity contribution >= 4 is 28.4 Å². The number of aliphatic hydroxyl groups excluding tert-OH is 1. The molecule has 0 spiro atoms. The fourth-order valence-electron chi connectivity index (χ4n) is 2.46. The highest BCUT2D eigenvalue weighted by Crippen LogP contribution is 2.24. The van der Waals surface area contributed by atoms with Crippen LogP contribution in [-0.4, -0.2) is 65.0 Å². The van der Waals surface area contributed by atoms with Crippen LogP contribution in [0.2, 0.25) is 0 Å². The lowest BCUT2D eigenvalue weighted by molar-refractivity contribution is 0.111. The van der Waals surface area contributed by atoms with E-state index in [0.717, 1.165) is 43.2 Å². The standard InChI is InChI=1S/C12H16N4O2S/c17-7-5-14-1-3-15(4-2-14)11-10(9-18)16-6-8-19-12(16)13-11/h6,8-9,17H,1-5,7H2. The second kappa shape index (κ2) is 5.28. The van der Waals surface area contributed by atoms with Gasteiger partial charge in [0.25, 0.3) is 0 Å². The maximum Gasteiger partial charge on any atom is 0.196 e. The predicted molar refractivity (Wildman–Crippen MR) is 74.2 cm³/mol. The first-order valence-electron chi connectivity index (χ1n) is 6.32. The van der Waals surface area contributed by atoms with Gasteiger partial charge in [0.05, 0.1) is 6.61 Å². The summed E-state index contributed by atoms with van der Waals surface area (Å²) in [5, 5.41) is 10.9. The number of anilines is 1. The molecule has 1 aliphatic rings. The Bertz CT molecular complexity index is 571. The smallest absolute Gasteiger partial charge is 0.196 e. The molecule has 6 nitrogen and oxygen atoms in total. The molecule has 0 radical (unpaired) electrons. The van der Waals surface area contributed by atoms with Gasteiger partial charge in [0.2, 0.25) is 0 Å². The number of carbonyl (C=O) groups is 1. The van der Waals surface area contributed by atoms with E-state index in [9.17, 15) is 4.79 Å². The number of piperazine rings is 1. The molecule has 7 heteroatoms. The largest absolute Gasteiger partial charge is 0.395 e. The van der Waals surface area contributed by atoms with Gasteiger partial charge in [0.15, 0.2) is 17.1 Å². The molecule has 3 rings (SSSR count). The molecule has 0 aliphatic carbocycles. The number of aliphatic hydroxyl groups is 1. The highest BCUT2D eigenvalue weighted by atomic mass is 32.1. The van der Waals surface area contributed by atoms with Gasteiger partial charge in [0.1, 0.15) is 5.69 Å². The third-order valence-corrected chi connectivity index (χ3v) is 4.24. The highest BCUT2D eigenvalue weighted by Gasteiger charge is 2.22. The van der Waals surface area contributed by atoms with Crippen LogP contribution >= 0.6 is 11.3 Å². The summed E-state index contributed by atoms with van der Waals surface area (Å²) >= 11 is 1.53. The molecule has 102 valence electrons. The minimum atomic E-state index is 0.194. The molecular formula is C12H16N4O2S. The van der Waals surface area contributed by atoms with Crippen molar-refractivity contribution in [3.8, 4) is 0 Å². The summed E-state index contributed by atoms with van der Waals surface area (Å²) < 4.78 is 1.84. The molecule has 0 saturated carbocycles. The molecule has 3 heterocycles. The Kier molecular flexibility index (Phi) is 3.50. The lowest BCUT2D eigenvalue weighted by atomic mass is 10.3. The maximum absolute atomic E-state index is 11.3. The zero-order valence-electron chi connectivity index (χ0n) is 10.5. The van der Waals surface area contributed by atoms with Crippen molar-refractivity contribution in [2.24, 2.45) is 0 Å². The Hall–Kier alpha value is -1.44. The van der Waals surface area contributed by atoms with Crippen molar-refractivity contribution in [2.75, 3.05) is 44.2 Å². The summed E-state index contributed by atoms with van der Waals surface area (Å²) in [5.41, 5.74) is 0.631. The fourth-order valence-corrected chi connectivity index (χ4v) is 3.17. The number of nitrogens with zero attached hydrogens (tertiary/aromatic N) is 4. The van der Waals surface area contributed by atoms with Gasteiger partial charge in [-0.2, -0.15) is 0 Å². The molecule has 0 bridgehead atoms. The summed E-state index contributed by atoms with van der Waals surface area (Å²) in [4.78, 5) is 21.1. The first-order chi connectivity index (χ1) is 9.33. The molecule has 0 amide bonds. The molecule has 1 aliphatic heterocycles. The molecule has 0 atom stereocenters. The van der Waals surface area contributed by atoms with E-state index in [1.54, 1.807) is 0 Å². The summed E-state index contributed by atoms with van der Waals surface area (Å²) in [6.07, 6.45) is 2.75. The van der Waals surface area contributed by atoms with Crippen molar-refractivity contribution in [1.82, 2.24) is 14.3 Å². The molecule has 2 aromatic rings. The normalized spacial score (nSPS) is 17.2. The average molecular weight is 280 g/mol. The molecular weight excluding hydrogens is 264 g/mol. The summed E-state index contributed by atoms with van der Waals surface area (Å²) in [6.45, 7) is 4.37. The van der Waals surface area contributed by atoms with Crippen LogP contribution in [0.25, 0.3) is 4.96 Å². The van der Waals surface area contributed by atoms with Gasteiger partial charge < -0.3 is 10.0 Å². The highest BCUT2D eigenvalue weighted by molar-refractivity contribution is 7.15. The molecule has 1 fully saturated rings. The second-order valence-corrected chi connectivity index (χ2v) is 5.42. The molecule has 0 aromatic carbocycles. The lowest BCUT2D eigenvalue weighted by Gasteiger charge is -2.34. The number of aromatic nitrogens is 2. The van der Waals surface area contributed by atoms with Crippen LogP contribution in [-0.2, 0) is 0 Å². The number of β-amino-alcohol motifs (C(OH)–C–C–N with tert-alkyl or cyclic N) is 1. The van der Waals surface area contributed by atoms with Crippen molar-refractivity contribution < 1.29 is 9.90 Å². The van der Waals surface area contributed by atoms with Gasteiger partial charge in [-0.25, -0.2) is 4.98 Å². The Labute approximate surface area is 114 Å². The van der Waals surface area contributed by atoms with E-state index in [0.29, 0.717) is 12.2 Å². The minimum Gasteiger partial charge on any atom is -0.395 e. The van der Waals surface area contributed by atoms with Crippen molar-refractivity contribution in [2.45, 2.75) is 0 Å². The second-order valence-electron chi connectivity index (χ2n) is 4.55. The summed E-state index contributed by atoms with van der Waals surface area (Å²) in [5.74, 6) is 0.783. The van der Waals surface area contributed by atoms with Gasteiger partial charge in [-0.3, -0.25) is 14.1 Å². The van der Waals surface area contributed by atoms with Crippen LogP contribution in [0, 0.1) is 0 Å². The Morgan fingerprint density at radius 2 is 2.16 bits per heavy atom. The molecule has 1 N–H and O–H groups in total. The van der Waals surface area contributed by atoms with Crippen LogP contribution in [0.15, 0.2) is 11.6 Å². The van der Waals surface area contributed by atoms with Crippen LogP contribution in [0.5, 0.6) is 0 Å². The molecule has 0 unspecified atom stereocenters. The molecule has 19 heavy (non-hydrogen) atoms. The Morgan fingerprint density at radius 1 is 1.37 bits per heavy atom. The fraction of sp³-hybridized carbons (Fsp3) is 0.500. The Morgan fingerprint density at radius 3 is 2.84 bits per heavy atom. The monoisotopic (exact) mass is 280 g/mol. The van der Waals surface area contributed by atoms with E-state index in [1.807, 2.05) is 16.0 Å². The number of hydrogen-bond acceptors (Lipinski definition) is 6. The van der Waals surface area contributed by atoms with Crippen molar-refractivity contribution in [1.29, 1.82) is 0 Å². The predicted octanol–water partition coefficient (Wildman–Crippen LogP) is 0.323. The van der Waals surface area contributed by atoms with E-state index < -0.39 is 0 Å². The number of hydrogen-bond donors (Lipinski definition) is 1. The number of thiazole rings is 1. The zero-order valence-corrected chi connectivity index (χ0v) is 11.3. The SMILES string of the molecule is O=Cc1c(N2CCN(CCO)CC2)nc2sccn12. The summed E-state index contributed by atoms with van der Waals surface area (Å²) in [6, 6.07) is 0. The van der Waals surface area contributed by atoms with Crippen LogP contribution in [0.3, 0.4) is 0 Å². The lowest BCUT2D eigenvalue weighted by Crippen LogP contribution is -2.47. The van der Waals surface area contributed by atoms with E-state index in [-0.39, 0.29) is 6.61 Å². The maximum atomic E-state index is 11.3. The van der Waals surface area contributed by atoms with Gasteiger partial charge in [-0.15, -0.1) is 11.3 Å². The van der Waals surface area contributed by atoms with E-state index >= 15 is 0 Å². The van der Waals surface area contributed by atoms with Crippen LogP contribution < -0.4 is 4.90 Å². The number of imidazole rings is 1. The van der Waals surface area contributed by atoms with Gasteiger partial charge in [0, 0.05) is 44.3 Å². The number of rotatable bonds is 4. The van der Waals surface area contributed by atoms with Crippen LogP contribution in [0.1, 0.15) is 10.5 Å². The number of aldehydes is 1. The summed E-state index contributed by atoms with van der Waals surface area (Å²) in [7, 11) is 0. The third kappa shape index (κ3) is 2.24. The first-order valence-corrected chi connectivity index (χ1v) is 7.20. The van der Waals surface area contributed by atoms with Gasteiger partial charge in [-0.1, -0.05) is 0 Å². The van der Waals surface area contributed by atoms with E-state index in [4.69, 9.17) is 5.11 Å². The van der Waals surface area contributed by atoms with Gasteiger partial charge >= 0.3 is 0 Å². The van der Waals surface area contributed by atoms with Crippen molar-refractivity contribution in [3.63, 3.8) is 0 Å². The average Bonchev–Trinajstić information content (AvgIpc) is 3.00.